The monoisotopic (exact) mass is 256 g/mol. The van der Waals surface area contributed by atoms with Gasteiger partial charge in [0.2, 0.25) is 0 Å². The summed E-state index contributed by atoms with van der Waals surface area (Å²) < 4.78 is 5.63. The van der Waals surface area contributed by atoms with Crippen LogP contribution in [0.25, 0.3) is 0 Å². The Morgan fingerprint density at radius 3 is 3.11 bits per heavy atom. The number of hydrogen-bond acceptors (Lipinski definition) is 4. The highest BCUT2D eigenvalue weighted by atomic mass is 32.1. The lowest BCUT2D eigenvalue weighted by molar-refractivity contribution is 0.241. The van der Waals surface area contributed by atoms with Crippen molar-refractivity contribution in [2.75, 3.05) is 6.61 Å². The van der Waals surface area contributed by atoms with Gasteiger partial charge in [-0.05, 0) is 6.07 Å². The van der Waals surface area contributed by atoms with Gasteiger partial charge in [0.25, 0.3) is 0 Å². The number of para-hydroxylation sites is 1. The molecule has 1 aromatic carbocycles. The topological polar surface area (TPSA) is 45.9 Å². The molecule has 1 atom stereocenters. The first-order chi connectivity index (χ1) is 8.84. The van der Waals surface area contributed by atoms with E-state index in [0.717, 1.165) is 23.4 Å². The summed E-state index contributed by atoms with van der Waals surface area (Å²) in [4.78, 5) is 4.30. The lowest BCUT2D eigenvalue weighted by atomic mass is 9.74. The third-order valence-electron chi connectivity index (χ3n) is 3.37. The number of rotatable bonds is 2. The highest BCUT2D eigenvalue weighted by Gasteiger charge is 2.38. The smallest absolute Gasteiger partial charge is 0.124 e. The predicted octanol–water partition coefficient (Wildman–Crippen LogP) is 2.93. The summed E-state index contributed by atoms with van der Waals surface area (Å²) in [7, 11) is 0. The minimum Gasteiger partial charge on any atom is -0.493 e. The first-order valence-corrected chi connectivity index (χ1v) is 6.79. The zero-order valence-corrected chi connectivity index (χ0v) is 10.6. The Labute approximate surface area is 110 Å². The van der Waals surface area contributed by atoms with Gasteiger partial charge in [-0.2, -0.15) is 5.26 Å². The largest absolute Gasteiger partial charge is 0.493 e. The molecule has 1 aliphatic heterocycles. The van der Waals surface area contributed by atoms with Crippen LogP contribution in [0.15, 0.2) is 35.2 Å². The fourth-order valence-electron chi connectivity index (χ4n) is 2.43. The first kappa shape index (κ1) is 11.2. The SMILES string of the molecule is N#CC1(Cc2cscn2)CCOc2ccccc21. The van der Waals surface area contributed by atoms with E-state index in [1.54, 1.807) is 11.3 Å². The summed E-state index contributed by atoms with van der Waals surface area (Å²) in [5.41, 5.74) is 3.29. The Hall–Kier alpha value is -1.86. The quantitative estimate of drug-likeness (QED) is 0.830. The van der Waals surface area contributed by atoms with E-state index in [0.29, 0.717) is 13.0 Å². The van der Waals surface area contributed by atoms with E-state index >= 15 is 0 Å². The Kier molecular flexibility index (Phi) is 2.77. The zero-order chi connectivity index (χ0) is 12.4. The average molecular weight is 256 g/mol. The maximum atomic E-state index is 9.66. The number of hydrogen-bond donors (Lipinski definition) is 0. The zero-order valence-electron chi connectivity index (χ0n) is 9.80. The molecule has 18 heavy (non-hydrogen) atoms. The van der Waals surface area contributed by atoms with E-state index in [4.69, 9.17) is 4.74 Å². The van der Waals surface area contributed by atoms with Crippen molar-refractivity contribution in [2.45, 2.75) is 18.3 Å². The molecule has 4 heteroatoms. The number of thiazole rings is 1. The Morgan fingerprint density at radius 2 is 2.33 bits per heavy atom. The summed E-state index contributed by atoms with van der Waals surface area (Å²) in [6.45, 7) is 0.592. The lowest BCUT2D eigenvalue weighted by Gasteiger charge is -2.32. The third-order valence-corrected chi connectivity index (χ3v) is 4.00. The van der Waals surface area contributed by atoms with Crippen LogP contribution >= 0.6 is 11.3 Å². The van der Waals surface area contributed by atoms with E-state index in [-0.39, 0.29) is 0 Å². The Balaban J connectivity index is 2.05. The molecule has 1 unspecified atom stereocenters. The van der Waals surface area contributed by atoms with E-state index in [2.05, 4.69) is 11.1 Å². The number of aromatic nitrogens is 1. The third kappa shape index (κ3) is 1.77. The van der Waals surface area contributed by atoms with Crippen LogP contribution in [0.4, 0.5) is 0 Å². The maximum absolute atomic E-state index is 9.66. The molecule has 90 valence electrons. The molecule has 0 fully saturated rings. The molecule has 1 aromatic heterocycles. The molecule has 0 saturated heterocycles. The van der Waals surface area contributed by atoms with Crippen LogP contribution in [-0.2, 0) is 11.8 Å². The van der Waals surface area contributed by atoms with Crippen LogP contribution in [-0.4, -0.2) is 11.6 Å². The minimum atomic E-state index is -0.497. The van der Waals surface area contributed by atoms with E-state index in [1.165, 1.54) is 0 Å². The van der Waals surface area contributed by atoms with Gasteiger partial charge in [0.05, 0.1) is 29.3 Å². The number of nitrogens with zero attached hydrogens (tertiary/aromatic N) is 2. The highest BCUT2D eigenvalue weighted by Crippen LogP contribution is 2.40. The van der Waals surface area contributed by atoms with Gasteiger partial charge in [-0.25, -0.2) is 4.98 Å². The second kappa shape index (κ2) is 4.43. The Morgan fingerprint density at radius 1 is 1.44 bits per heavy atom. The number of ether oxygens (including phenoxy) is 1. The van der Waals surface area contributed by atoms with Gasteiger partial charge in [0.15, 0.2) is 0 Å². The lowest BCUT2D eigenvalue weighted by Crippen LogP contribution is -2.33. The fourth-order valence-corrected chi connectivity index (χ4v) is 2.99. The second-order valence-electron chi connectivity index (χ2n) is 4.45. The molecule has 0 radical (unpaired) electrons. The van der Waals surface area contributed by atoms with E-state index < -0.39 is 5.41 Å². The standard InChI is InChI=1S/C14H12N2OS/c15-9-14(7-11-8-18-10-16-11)5-6-17-13-4-2-1-3-12(13)14/h1-4,8,10H,5-7H2. The number of nitriles is 1. The van der Waals surface area contributed by atoms with Crippen LogP contribution in [0, 0.1) is 11.3 Å². The first-order valence-electron chi connectivity index (χ1n) is 5.85. The van der Waals surface area contributed by atoms with Gasteiger partial charge in [-0.3, -0.25) is 0 Å². The van der Waals surface area contributed by atoms with Gasteiger partial charge in [0.1, 0.15) is 5.75 Å². The van der Waals surface area contributed by atoms with Crippen molar-refractivity contribution in [1.82, 2.24) is 4.98 Å². The molecule has 0 amide bonds. The molecular weight excluding hydrogens is 244 g/mol. The minimum absolute atomic E-state index is 0.497. The van der Waals surface area contributed by atoms with Gasteiger partial charge in [-0.15, -0.1) is 11.3 Å². The second-order valence-corrected chi connectivity index (χ2v) is 5.16. The molecule has 0 bridgehead atoms. The molecule has 2 aromatic rings. The summed E-state index contributed by atoms with van der Waals surface area (Å²) in [6, 6.07) is 10.3. The van der Waals surface area contributed by atoms with Gasteiger partial charge < -0.3 is 4.74 Å². The number of fused-ring (bicyclic) bond motifs is 1. The van der Waals surface area contributed by atoms with Crippen molar-refractivity contribution in [3.05, 3.63) is 46.4 Å². The Bertz CT molecular complexity index is 588. The number of benzene rings is 1. The summed E-state index contributed by atoms with van der Waals surface area (Å²) in [5.74, 6) is 0.834. The van der Waals surface area contributed by atoms with Gasteiger partial charge in [0, 0.05) is 23.8 Å². The van der Waals surface area contributed by atoms with Crippen molar-refractivity contribution >= 4 is 11.3 Å². The summed E-state index contributed by atoms with van der Waals surface area (Å²) >= 11 is 1.57. The molecule has 3 nitrogen and oxygen atoms in total. The molecule has 0 spiro atoms. The molecule has 0 N–H and O–H groups in total. The molecule has 0 aliphatic carbocycles. The van der Waals surface area contributed by atoms with Crippen LogP contribution in [0.1, 0.15) is 17.7 Å². The highest BCUT2D eigenvalue weighted by molar-refractivity contribution is 7.07. The van der Waals surface area contributed by atoms with Gasteiger partial charge >= 0.3 is 0 Å². The summed E-state index contributed by atoms with van der Waals surface area (Å²) in [6.07, 6.45) is 1.38. The normalized spacial score (nSPS) is 21.7. The van der Waals surface area contributed by atoms with Crippen molar-refractivity contribution in [2.24, 2.45) is 0 Å². The summed E-state index contributed by atoms with van der Waals surface area (Å²) in [5, 5.41) is 11.7. The predicted molar refractivity (Wildman–Crippen MR) is 69.7 cm³/mol. The fraction of sp³-hybridized carbons (Fsp3) is 0.286. The van der Waals surface area contributed by atoms with Crippen LogP contribution < -0.4 is 4.74 Å². The van der Waals surface area contributed by atoms with E-state index in [9.17, 15) is 5.26 Å². The maximum Gasteiger partial charge on any atom is 0.124 e. The van der Waals surface area contributed by atoms with Crippen molar-refractivity contribution in [1.29, 1.82) is 5.26 Å². The van der Waals surface area contributed by atoms with E-state index in [1.807, 2.05) is 35.2 Å². The van der Waals surface area contributed by atoms with Crippen molar-refractivity contribution in [3.8, 4) is 11.8 Å². The molecule has 2 heterocycles. The van der Waals surface area contributed by atoms with Crippen molar-refractivity contribution < 1.29 is 4.74 Å². The van der Waals surface area contributed by atoms with Crippen molar-refractivity contribution in [3.63, 3.8) is 0 Å². The van der Waals surface area contributed by atoms with Gasteiger partial charge in [-0.1, -0.05) is 18.2 Å². The van der Waals surface area contributed by atoms with Crippen LogP contribution in [0.2, 0.25) is 0 Å². The van der Waals surface area contributed by atoms with Crippen LogP contribution in [0.5, 0.6) is 5.75 Å². The average Bonchev–Trinajstić information content (AvgIpc) is 2.92. The van der Waals surface area contributed by atoms with Crippen LogP contribution in [0.3, 0.4) is 0 Å². The molecule has 1 aliphatic rings. The molecule has 3 rings (SSSR count). The molecule has 0 saturated carbocycles. The molecular formula is C14H12N2OS.